The molecule has 0 saturated carbocycles. The smallest absolute Gasteiger partial charge is 0.306 e. The standard InChI is InChI=1S/C22H20Cl2N2O4/c1-13-3-6-15(7-4-13)17-11-25-19(30-17)9-10-20(28)29-12-18(27)26-22-16(23)8-5-14(2)21(22)24/h3-8,11H,9-10,12H2,1-2H3,(H,26,27). The summed E-state index contributed by atoms with van der Waals surface area (Å²) < 4.78 is 10.7. The molecule has 0 fully saturated rings. The highest BCUT2D eigenvalue weighted by Crippen LogP contribution is 2.32. The lowest BCUT2D eigenvalue weighted by atomic mass is 10.1. The number of halogens is 2. The van der Waals surface area contributed by atoms with Gasteiger partial charge in [0.2, 0.25) is 0 Å². The maximum absolute atomic E-state index is 12.1. The van der Waals surface area contributed by atoms with Crippen LogP contribution in [0.2, 0.25) is 10.0 Å². The number of hydrogen-bond donors (Lipinski definition) is 1. The SMILES string of the molecule is Cc1ccc(-c2cnc(CCC(=O)OCC(=O)Nc3c(Cl)ccc(C)c3Cl)o2)cc1. The lowest BCUT2D eigenvalue weighted by molar-refractivity contribution is -0.147. The van der Waals surface area contributed by atoms with Crippen LogP contribution >= 0.6 is 23.2 Å². The van der Waals surface area contributed by atoms with Crippen molar-refractivity contribution in [3.63, 3.8) is 0 Å². The molecule has 1 N–H and O–H groups in total. The lowest BCUT2D eigenvalue weighted by Crippen LogP contribution is -2.21. The molecule has 0 aliphatic heterocycles. The maximum Gasteiger partial charge on any atom is 0.306 e. The van der Waals surface area contributed by atoms with Crippen LogP contribution in [0.4, 0.5) is 5.69 Å². The van der Waals surface area contributed by atoms with Gasteiger partial charge in [0, 0.05) is 12.0 Å². The van der Waals surface area contributed by atoms with Crippen LogP contribution in [-0.2, 0) is 20.7 Å². The number of nitrogens with zero attached hydrogens (tertiary/aromatic N) is 1. The van der Waals surface area contributed by atoms with E-state index >= 15 is 0 Å². The van der Waals surface area contributed by atoms with Gasteiger partial charge in [0.05, 0.1) is 28.4 Å². The van der Waals surface area contributed by atoms with E-state index < -0.39 is 18.5 Å². The van der Waals surface area contributed by atoms with Crippen LogP contribution in [0.1, 0.15) is 23.4 Å². The number of carbonyl (C=O) groups excluding carboxylic acids is 2. The number of aryl methyl sites for hydroxylation is 3. The van der Waals surface area contributed by atoms with E-state index in [4.69, 9.17) is 32.4 Å². The van der Waals surface area contributed by atoms with Gasteiger partial charge >= 0.3 is 5.97 Å². The Bertz CT molecular complexity index is 1060. The van der Waals surface area contributed by atoms with E-state index in [-0.39, 0.29) is 12.8 Å². The third kappa shape index (κ3) is 5.62. The molecule has 1 aromatic heterocycles. The minimum Gasteiger partial charge on any atom is -0.456 e. The van der Waals surface area contributed by atoms with Crippen LogP contribution in [-0.4, -0.2) is 23.5 Å². The summed E-state index contributed by atoms with van der Waals surface area (Å²) in [6, 6.07) is 11.2. The number of aromatic nitrogens is 1. The molecule has 1 heterocycles. The number of nitrogens with one attached hydrogen (secondary N) is 1. The van der Waals surface area contributed by atoms with Gasteiger partial charge in [0.15, 0.2) is 18.3 Å². The molecule has 0 aliphatic rings. The monoisotopic (exact) mass is 446 g/mol. The number of hydrogen-bond acceptors (Lipinski definition) is 5. The number of ether oxygens (including phenoxy) is 1. The third-order valence-electron chi connectivity index (χ3n) is 4.35. The highest BCUT2D eigenvalue weighted by Gasteiger charge is 2.14. The quantitative estimate of drug-likeness (QED) is 0.492. The van der Waals surface area contributed by atoms with E-state index in [0.717, 1.165) is 16.7 Å². The normalized spacial score (nSPS) is 10.7. The number of carbonyl (C=O) groups is 2. The number of esters is 1. The molecule has 2 aromatic carbocycles. The summed E-state index contributed by atoms with van der Waals surface area (Å²) in [6.07, 6.45) is 1.92. The van der Waals surface area contributed by atoms with Crippen molar-refractivity contribution < 1.29 is 18.7 Å². The van der Waals surface area contributed by atoms with Crippen molar-refractivity contribution in [1.82, 2.24) is 4.98 Å². The first-order chi connectivity index (χ1) is 14.3. The summed E-state index contributed by atoms with van der Waals surface area (Å²) in [6.45, 7) is 3.35. The predicted molar refractivity (Wildman–Crippen MR) is 116 cm³/mol. The van der Waals surface area contributed by atoms with Gasteiger partial charge in [-0.3, -0.25) is 9.59 Å². The summed E-state index contributed by atoms with van der Waals surface area (Å²) in [5.41, 5.74) is 3.12. The topological polar surface area (TPSA) is 81.4 Å². The summed E-state index contributed by atoms with van der Waals surface area (Å²) in [5.74, 6) is -0.0211. The van der Waals surface area contributed by atoms with E-state index in [1.807, 2.05) is 31.2 Å². The van der Waals surface area contributed by atoms with Gasteiger partial charge in [-0.2, -0.15) is 0 Å². The third-order valence-corrected chi connectivity index (χ3v) is 5.15. The van der Waals surface area contributed by atoms with Crippen molar-refractivity contribution in [2.24, 2.45) is 0 Å². The first kappa shape index (κ1) is 21.9. The number of amides is 1. The molecular weight excluding hydrogens is 427 g/mol. The zero-order valence-corrected chi connectivity index (χ0v) is 18.0. The van der Waals surface area contributed by atoms with E-state index in [1.54, 1.807) is 25.3 Å². The van der Waals surface area contributed by atoms with E-state index in [0.29, 0.717) is 27.4 Å². The Hall–Kier alpha value is -2.83. The highest BCUT2D eigenvalue weighted by atomic mass is 35.5. The van der Waals surface area contributed by atoms with Crippen LogP contribution < -0.4 is 5.32 Å². The highest BCUT2D eigenvalue weighted by molar-refractivity contribution is 6.40. The molecule has 0 radical (unpaired) electrons. The number of benzene rings is 2. The van der Waals surface area contributed by atoms with Gasteiger partial charge < -0.3 is 14.5 Å². The number of rotatable bonds is 7. The summed E-state index contributed by atoms with van der Waals surface area (Å²) in [5, 5.41) is 3.21. The average molecular weight is 447 g/mol. The minimum atomic E-state index is -0.540. The number of oxazole rings is 1. The molecular formula is C22H20Cl2N2O4. The van der Waals surface area contributed by atoms with Crippen LogP contribution in [0.3, 0.4) is 0 Å². The average Bonchev–Trinajstić information content (AvgIpc) is 3.20. The van der Waals surface area contributed by atoms with Crippen molar-refractivity contribution in [2.45, 2.75) is 26.7 Å². The predicted octanol–water partition coefficient (Wildman–Crippen LogP) is 5.38. The molecule has 0 atom stereocenters. The van der Waals surface area contributed by atoms with Gasteiger partial charge in [0.25, 0.3) is 5.91 Å². The first-order valence-corrected chi connectivity index (χ1v) is 10.0. The fraction of sp³-hybridized carbons (Fsp3) is 0.227. The second-order valence-corrected chi connectivity index (χ2v) is 7.53. The molecule has 3 aromatic rings. The van der Waals surface area contributed by atoms with Gasteiger partial charge in [-0.05, 0) is 25.5 Å². The van der Waals surface area contributed by atoms with Crippen LogP contribution in [0.25, 0.3) is 11.3 Å². The fourth-order valence-electron chi connectivity index (χ4n) is 2.65. The molecule has 0 aliphatic carbocycles. The largest absolute Gasteiger partial charge is 0.456 e. The Labute approximate surface area is 184 Å². The van der Waals surface area contributed by atoms with Crippen LogP contribution in [0, 0.1) is 13.8 Å². The molecule has 0 spiro atoms. The lowest BCUT2D eigenvalue weighted by Gasteiger charge is -2.11. The Morgan fingerprint density at radius 1 is 1.10 bits per heavy atom. The second-order valence-electron chi connectivity index (χ2n) is 6.75. The van der Waals surface area contributed by atoms with E-state index in [9.17, 15) is 9.59 Å². The molecule has 0 saturated heterocycles. The molecule has 3 rings (SSSR count). The molecule has 6 nitrogen and oxygen atoms in total. The summed E-state index contributed by atoms with van der Waals surface area (Å²) in [7, 11) is 0. The first-order valence-electron chi connectivity index (χ1n) is 9.25. The van der Waals surface area contributed by atoms with Crippen molar-refractivity contribution in [2.75, 3.05) is 11.9 Å². The zero-order chi connectivity index (χ0) is 21.7. The minimum absolute atomic E-state index is 0.0348. The molecule has 156 valence electrons. The van der Waals surface area contributed by atoms with Crippen molar-refractivity contribution >= 4 is 40.8 Å². The van der Waals surface area contributed by atoms with Gasteiger partial charge in [0.1, 0.15) is 0 Å². The van der Waals surface area contributed by atoms with Crippen LogP contribution in [0.15, 0.2) is 47.0 Å². The molecule has 1 amide bonds. The fourth-order valence-corrected chi connectivity index (χ4v) is 3.12. The van der Waals surface area contributed by atoms with Crippen LogP contribution in [0.5, 0.6) is 0 Å². The second kappa shape index (κ2) is 9.78. The van der Waals surface area contributed by atoms with Crippen molar-refractivity contribution in [1.29, 1.82) is 0 Å². The van der Waals surface area contributed by atoms with E-state index in [2.05, 4.69) is 10.3 Å². The Morgan fingerprint density at radius 3 is 2.57 bits per heavy atom. The Kier molecular flexibility index (Phi) is 7.13. The number of anilines is 1. The molecule has 30 heavy (non-hydrogen) atoms. The van der Waals surface area contributed by atoms with Gasteiger partial charge in [-0.15, -0.1) is 0 Å². The zero-order valence-electron chi connectivity index (χ0n) is 16.5. The molecule has 8 heteroatoms. The molecule has 0 bridgehead atoms. The van der Waals surface area contributed by atoms with Crippen molar-refractivity contribution in [3.05, 3.63) is 69.7 Å². The Balaban J connectivity index is 1.47. The summed E-state index contributed by atoms with van der Waals surface area (Å²) in [4.78, 5) is 28.2. The molecule has 0 unspecified atom stereocenters. The maximum atomic E-state index is 12.1. The van der Waals surface area contributed by atoms with Crippen molar-refractivity contribution in [3.8, 4) is 11.3 Å². The van der Waals surface area contributed by atoms with Gasteiger partial charge in [-0.1, -0.05) is 59.1 Å². The van der Waals surface area contributed by atoms with E-state index in [1.165, 1.54) is 0 Å². The summed E-state index contributed by atoms with van der Waals surface area (Å²) >= 11 is 12.2. The Morgan fingerprint density at radius 2 is 1.83 bits per heavy atom. The van der Waals surface area contributed by atoms with Gasteiger partial charge in [-0.25, -0.2) is 4.98 Å².